The molecule has 0 aromatic heterocycles. The van der Waals surface area contributed by atoms with Gasteiger partial charge in [0.05, 0.1) is 29.0 Å². The van der Waals surface area contributed by atoms with Gasteiger partial charge in [0.2, 0.25) is 20.0 Å². The Morgan fingerprint density at radius 2 is 1.64 bits per heavy atom. The highest BCUT2D eigenvalue weighted by molar-refractivity contribution is 7.89. The van der Waals surface area contributed by atoms with Crippen LogP contribution in [-0.2, 0) is 20.0 Å². The van der Waals surface area contributed by atoms with Crippen molar-refractivity contribution in [1.29, 1.82) is 0 Å². The van der Waals surface area contributed by atoms with Crippen molar-refractivity contribution in [2.45, 2.75) is 29.6 Å². The Balaban J connectivity index is 1.62. The summed E-state index contributed by atoms with van der Waals surface area (Å²) in [7, 11) is -2.93. The zero-order valence-corrected chi connectivity index (χ0v) is 22.6. The number of piperidine rings is 1. The van der Waals surface area contributed by atoms with E-state index in [-0.39, 0.29) is 34.3 Å². The van der Waals surface area contributed by atoms with Crippen molar-refractivity contribution >= 4 is 26.0 Å². The second-order valence-electron chi connectivity index (χ2n) is 8.81. The number of rotatable bonds is 10. The minimum atomic E-state index is -3.72. The topological polar surface area (TPSA) is 122 Å². The number of ether oxygens (including phenoxy) is 2. The van der Waals surface area contributed by atoms with Gasteiger partial charge in [-0.3, -0.25) is 4.79 Å². The molecule has 1 heterocycles. The van der Waals surface area contributed by atoms with Crippen molar-refractivity contribution < 1.29 is 31.1 Å². The fraction of sp³-hybridized carbons (Fsp3) is 0.458. The Kier molecular flexibility index (Phi) is 8.98. The zero-order chi connectivity index (χ0) is 26.5. The monoisotopic (exact) mass is 539 g/mol. The van der Waals surface area contributed by atoms with Crippen LogP contribution < -0.4 is 14.8 Å². The molecule has 0 radical (unpaired) electrons. The molecule has 1 saturated heterocycles. The van der Waals surface area contributed by atoms with Crippen LogP contribution in [0.3, 0.4) is 0 Å². The molecule has 0 atom stereocenters. The smallest absolute Gasteiger partial charge is 0.255 e. The quantitative estimate of drug-likeness (QED) is 0.459. The lowest BCUT2D eigenvalue weighted by atomic mass is 10.0. The van der Waals surface area contributed by atoms with Crippen LogP contribution >= 0.6 is 0 Å². The van der Waals surface area contributed by atoms with Crippen molar-refractivity contribution in [2.75, 3.05) is 47.4 Å². The lowest BCUT2D eigenvalue weighted by molar-refractivity contribution is 0.0943. The summed E-state index contributed by atoms with van der Waals surface area (Å²) in [5.74, 6) is 0.702. The molecule has 1 amide bonds. The van der Waals surface area contributed by atoms with E-state index in [2.05, 4.69) is 12.2 Å². The number of nitrogens with one attached hydrogen (secondary N) is 1. The molecule has 0 saturated carbocycles. The van der Waals surface area contributed by atoms with Gasteiger partial charge in [-0.2, -0.15) is 4.31 Å². The molecule has 1 fully saturated rings. The first-order chi connectivity index (χ1) is 17.0. The van der Waals surface area contributed by atoms with E-state index in [4.69, 9.17) is 9.47 Å². The summed E-state index contributed by atoms with van der Waals surface area (Å²) in [4.78, 5) is 13.0. The van der Waals surface area contributed by atoms with Gasteiger partial charge in [-0.25, -0.2) is 21.1 Å². The maximum absolute atomic E-state index is 13.1. The summed E-state index contributed by atoms with van der Waals surface area (Å²) in [6, 6.07) is 10.2. The van der Waals surface area contributed by atoms with Crippen LogP contribution in [-0.4, -0.2) is 78.8 Å². The number of carbonyl (C=O) groups excluding carboxylic acids is 1. The third kappa shape index (κ3) is 6.36. The van der Waals surface area contributed by atoms with E-state index >= 15 is 0 Å². The molecule has 36 heavy (non-hydrogen) atoms. The first-order valence-electron chi connectivity index (χ1n) is 11.6. The average molecular weight is 540 g/mol. The SMILES string of the molecule is COc1ccc(S(=O)(=O)N2CCC(C)CC2)cc1C(=O)NCCOc1ccc(S(=O)(=O)N(C)C)cc1. The van der Waals surface area contributed by atoms with Crippen LogP contribution in [0.2, 0.25) is 0 Å². The second kappa shape index (κ2) is 11.6. The van der Waals surface area contributed by atoms with Gasteiger partial charge in [0.1, 0.15) is 18.1 Å². The van der Waals surface area contributed by atoms with E-state index in [1.807, 2.05) is 0 Å². The average Bonchev–Trinajstić information content (AvgIpc) is 2.86. The van der Waals surface area contributed by atoms with Crippen LogP contribution in [0.1, 0.15) is 30.1 Å². The van der Waals surface area contributed by atoms with Gasteiger partial charge in [0, 0.05) is 27.2 Å². The molecule has 2 aromatic rings. The van der Waals surface area contributed by atoms with Crippen molar-refractivity contribution in [1.82, 2.24) is 13.9 Å². The summed E-state index contributed by atoms with van der Waals surface area (Å²) in [6.45, 7) is 3.28. The molecule has 0 spiro atoms. The third-order valence-corrected chi connectivity index (χ3v) is 9.78. The van der Waals surface area contributed by atoms with Gasteiger partial charge in [0.15, 0.2) is 0 Å². The molecule has 1 aliphatic heterocycles. The van der Waals surface area contributed by atoms with Gasteiger partial charge < -0.3 is 14.8 Å². The number of amides is 1. The Bertz CT molecular complexity index is 1270. The van der Waals surface area contributed by atoms with Crippen LogP contribution in [0.4, 0.5) is 0 Å². The molecule has 3 rings (SSSR count). The van der Waals surface area contributed by atoms with Gasteiger partial charge in [-0.05, 0) is 61.2 Å². The number of hydrogen-bond acceptors (Lipinski definition) is 7. The summed E-state index contributed by atoms with van der Waals surface area (Å²) >= 11 is 0. The van der Waals surface area contributed by atoms with E-state index in [9.17, 15) is 21.6 Å². The fourth-order valence-corrected chi connectivity index (χ4v) is 6.14. The summed E-state index contributed by atoms with van der Waals surface area (Å²) in [5, 5.41) is 2.70. The van der Waals surface area contributed by atoms with Crippen molar-refractivity contribution in [3.63, 3.8) is 0 Å². The maximum Gasteiger partial charge on any atom is 0.255 e. The minimum Gasteiger partial charge on any atom is -0.496 e. The second-order valence-corrected chi connectivity index (χ2v) is 12.9. The van der Waals surface area contributed by atoms with Gasteiger partial charge in [-0.1, -0.05) is 6.92 Å². The van der Waals surface area contributed by atoms with Crippen LogP contribution in [0.25, 0.3) is 0 Å². The normalized spacial score (nSPS) is 15.6. The summed E-state index contributed by atoms with van der Waals surface area (Å²) < 4.78 is 63.9. The molecule has 1 aliphatic rings. The van der Waals surface area contributed by atoms with Crippen molar-refractivity contribution in [3.05, 3.63) is 48.0 Å². The Morgan fingerprint density at radius 3 is 2.22 bits per heavy atom. The molecular weight excluding hydrogens is 506 g/mol. The van der Waals surface area contributed by atoms with E-state index < -0.39 is 26.0 Å². The molecule has 1 N–H and O–H groups in total. The first-order valence-corrected chi connectivity index (χ1v) is 14.5. The van der Waals surface area contributed by atoms with E-state index in [1.165, 1.54) is 68.0 Å². The number of sulfonamides is 2. The standard InChI is InChI=1S/C24H33N3O7S2/c1-18-11-14-27(15-12-18)36(31,32)21-9-10-23(33-4)22(17-21)24(28)25-13-16-34-19-5-7-20(8-6-19)35(29,30)26(2)3/h5-10,17-18H,11-16H2,1-4H3,(H,25,28). The first kappa shape index (κ1) is 27.9. The fourth-order valence-electron chi connectivity index (χ4n) is 3.75. The molecule has 198 valence electrons. The van der Waals surface area contributed by atoms with Crippen molar-refractivity contribution in [2.24, 2.45) is 5.92 Å². The Hall–Kier alpha value is -2.67. The van der Waals surface area contributed by atoms with Gasteiger partial charge >= 0.3 is 0 Å². The molecule has 0 aliphatic carbocycles. The van der Waals surface area contributed by atoms with Crippen LogP contribution in [0.5, 0.6) is 11.5 Å². The lowest BCUT2D eigenvalue weighted by Crippen LogP contribution is -2.38. The minimum absolute atomic E-state index is 0.0482. The van der Waals surface area contributed by atoms with Gasteiger partial charge in [-0.15, -0.1) is 0 Å². The molecule has 2 aromatic carbocycles. The van der Waals surface area contributed by atoms with Crippen molar-refractivity contribution in [3.8, 4) is 11.5 Å². The molecule has 0 unspecified atom stereocenters. The lowest BCUT2D eigenvalue weighted by Gasteiger charge is -2.29. The number of methoxy groups -OCH3 is 1. The van der Waals surface area contributed by atoms with E-state index in [0.717, 1.165) is 17.1 Å². The number of hydrogen-bond donors (Lipinski definition) is 1. The molecule has 10 nitrogen and oxygen atoms in total. The van der Waals surface area contributed by atoms with E-state index in [1.54, 1.807) is 0 Å². The number of benzene rings is 2. The molecular formula is C24H33N3O7S2. The predicted molar refractivity (Wildman–Crippen MR) is 135 cm³/mol. The summed E-state index contributed by atoms with van der Waals surface area (Å²) in [5.41, 5.74) is 0.113. The van der Waals surface area contributed by atoms with Gasteiger partial charge in [0.25, 0.3) is 5.91 Å². The highest BCUT2D eigenvalue weighted by atomic mass is 32.2. The highest BCUT2D eigenvalue weighted by Crippen LogP contribution is 2.27. The Morgan fingerprint density at radius 1 is 1.03 bits per heavy atom. The molecule has 12 heteroatoms. The largest absolute Gasteiger partial charge is 0.496 e. The summed E-state index contributed by atoms with van der Waals surface area (Å²) in [6.07, 6.45) is 1.60. The zero-order valence-electron chi connectivity index (χ0n) is 20.9. The van der Waals surface area contributed by atoms with Crippen LogP contribution in [0.15, 0.2) is 52.3 Å². The Labute approximate surface area is 213 Å². The predicted octanol–water partition coefficient (Wildman–Crippen LogP) is 2.17. The van der Waals surface area contributed by atoms with Crippen LogP contribution in [0, 0.1) is 5.92 Å². The number of carbonyl (C=O) groups is 1. The third-order valence-electron chi connectivity index (χ3n) is 6.05. The number of nitrogens with zero attached hydrogens (tertiary/aromatic N) is 2. The van der Waals surface area contributed by atoms with E-state index in [0.29, 0.717) is 24.8 Å². The molecule has 0 bridgehead atoms. The maximum atomic E-state index is 13.1. The highest BCUT2D eigenvalue weighted by Gasteiger charge is 2.29.